The molecule has 0 aliphatic rings. The maximum atomic E-state index is 5.99. The van der Waals surface area contributed by atoms with Crippen molar-refractivity contribution in [2.24, 2.45) is 0 Å². The van der Waals surface area contributed by atoms with Gasteiger partial charge in [-0.2, -0.15) is 0 Å². The van der Waals surface area contributed by atoms with Crippen LogP contribution in [0.1, 0.15) is 87.0 Å². The first kappa shape index (κ1) is 24.9. The zero-order valence-electron chi connectivity index (χ0n) is 18.4. The Bertz CT molecular complexity index is 480. The van der Waals surface area contributed by atoms with Gasteiger partial charge in [0.05, 0.1) is 5.60 Å². The molecule has 0 bridgehead atoms. The molecule has 0 rings (SSSR count). The first-order valence-corrected chi connectivity index (χ1v) is 10.1. The maximum Gasteiger partial charge on any atom is 0.155 e. The van der Waals surface area contributed by atoms with Crippen molar-refractivity contribution < 1.29 is 9.47 Å². The maximum absolute atomic E-state index is 5.99. The normalized spacial score (nSPS) is 16.1. The Morgan fingerprint density at radius 1 is 0.962 bits per heavy atom. The van der Waals surface area contributed by atoms with Gasteiger partial charge in [-0.05, 0) is 87.0 Å². The van der Waals surface area contributed by atoms with Crippen molar-refractivity contribution in [3.05, 3.63) is 47.6 Å². The van der Waals surface area contributed by atoms with Crippen LogP contribution in [0.15, 0.2) is 47.6 Å². The van der Waals surface area contributed by atoms with Crippen LogP contribution in [0, 0.1) is 0 Å². The predicted octanol–water partition coefficient (Wildman–Crippen LogP) is 7.53. The largest absolute Gasteiger partial charge is 0.353 e. The smallest absolute Gasteiger partial charge is 0.155 e. The minimum Gasteiger partial charge on any atom is -0.353 e. The van der Waals surface area contributed by atoms with E-state index in [1.165, 1.54) is 23.1 Å². The van der Waals surface area contributed by atoms with Crippen LogP contribution < -0.4 is 0 Å². The van der Waals surface area contributed by atoms with Gasteiger partial charge in [0.25, 0.3) is 0 Å². The monoisotopic (exact) mass is 362 g/mol. The molecule has 0 saturated carbocycles. The van der Waals surface area contributed by atoms with E-state index in [1.54, 1.807) is 0 Å². The zero-order chi connectivity index (χ0) is 20.0. The average molecular weight is 363 g/mol. The molecule has 2 nitrogen and oxygen atoms in total. The molecule has 0 aromatic rings. The molecule has 0 N–H and O–H groups in total. The van der Waals surface area contributed by atoms with Crippen LogP contribution in [0.3, 0.4) is 0 Å². The minimum atomic E-state index is -0.340. The highest BCUT2D eigenvalue weighted by atomic mass is 16.7. The summed E-state index contributed by atoms with van der Waals surface area (Å²) in [5, 5.41) is 0. The Hall–Kier alpha value is -1.12. The van der Waals surface area contributed by atoms with E-state index in [0.29, 0.717) is 6.61 Å². The average Bonchev–Trinajstić information content (AvgIpc) is 2.54. The van der Waals surface area contributed by atoms with E-state index in [4.69, 9.17) is 9.47 Å². The molecular weight excluding hydrogens is 320 g/mol. The van der Waals surface area contributed by atoms with Crippen LogP contribution in [0.25, 0.3) is 0 Å². The first-order valence-electron chi connectivity index (χ1n) is 10.1. The molecule has 0 saturated heterocycles. The summed E-state index contributed by atoms with van der Waals surface area (Å²) in [6.45, 7) is 19.4. The molecule has 150 valence electrons. The van der Waals surface area contributed by atoms with Gasteiger partial charge in [0.15, 0.2) is 6.29 Å². The van der Waals surface area contributed by atoms with Crippen molar-refractivity contribution in [1.29, 1.82) is 0 Å². The lowest BCUT2D eigenvalue weighted by Crippen LogP contribution is -2.31. The molecule has 2 heteroatoms. The third-order valence-electron chi connectivity index (χ3n) is 4.52. The molecule has 0 aliphatic carbocycles. The van der Waals surface area contributed by atoms with Crippen LogP contribution in [0.4, 0.5) is 0 Å². The lowest BCUT2D eigenvalue weighted by Gasteiger charge is -2.29. The Morgan fingerprint density at radius 3 is 2.00 bits per heavy atom. The molecule has 0 heterocycles. The summed E-state index contributed by atoms with van der Waals surface area (Å²) in [5.41, 5.74) is 4.01. The summed E-state index contributed by atoms with van der Waals surface area (Å²) in [4.78, 5) is 0. The minimum absolute atomic E-state index is 0.201. The lowest BCUT2D eigenvalue weighted by atomic mass is 9.98. The van der Waals surface area contributed by atoms with E-state index in [2.05, 4.69) is 59.4 Å². The predicted molar refractivity (Wildman–Crippen MR) is 115 cm³/mol. The lowest BCUT2D eigenvalue weighted by molar-refractivity contribution is -0.180. The highest BCUT2D eigenvalue weighted by molar-refractivity contribution is 5.06. The summed E-state index contributed by atoms with van der Waals surface area (Å²) < 4.78 is 11.5. The highest BCUT2D eigenvalue weighted by Gasteiger charge is 2.23. The summed E-state index contributed by atoms with van der Waals surface area (Å²) in [6.07, 6.45) is 15.2. The molecule has 0 amide bonds. The number of hydrogen-bond acceptors (Lipinski definition) is 2. The number of rotatable bonds is 14. The fourth-order valence-electron chi connectivity index (χ4n) is 2.80. The van der Waals surface area contributed by atoms with E-state index >= 15 is 0 Å². The van der Waals surface area contributed by atoms with Gasteiger partial charge in [-0.25, -0.2) is 0 Å². The molecule has 0 fully saturated rings. The third kappa shape index (κ3) is 13.1. The van der Waals surface area contributed by atoms with E-state index in [-0.39, 0.29) is 11.9 Å². The topological polar surface area (TPSA) is 18.5 Å². The molecular formula is C24H42O2. The Morgan fingerprint density at radius 2 is 1.50 bits per heavy atom. The molecule has 2 unspecified atom stereocenters. The van der Waals surface area contributed by atoms with E-state index in [1.807, 2.05) is 19.9 Å². The molecule has 2 atom stereocenters. The van der Waals surface area contributed by atoms with Gasteiger partial charge in [0, 0.05) is 6.61 Å². The van der Waals surface area contributed by atoms with Crippen LogP contribution in [-0.2, 0) is 9.47 Å². The fourth-order valence-corrected chi connectivity index (χ4v) is 2.80. The second kappa shape index (κ2) is 14.0. The molecule has 0 aliphatic heterocycles. The summed E-state index contributed by atoms with van der Waals surface area (Å²) >= 11 is 0. The van der Waals surface area contributed by atoms with Crippen molar-refractivity contribution in [3.8, 4) is 0 Å². The van der Waals surface area contributed by atoms with Gasteiger partial charge in [-0.15, -0.1) is 6.58 Å². The van der Waals surface area contributed by atoms with Gasteiger partial charge >= 0.3 is 0 Å². The van der Waals surface area contributed by atoms with Crippen molar-refractivity contribution >= 4 is 0 Å². The third-order valence-corrected chi connectivity index (χ3v) is 4.52. The number of allylic oxidation sites excluding steroid dienone is 6. The molecule has 0 radical (unpaired) electrons. The van der Waals surface area contributed by atoms with Crippen molar-refractivity contribution in [3.63, 3.8) is 0 Å². The summed E-state index contributed by atoms with van der Waals surface area (Å²) in [6, 6.07) is 0. The number of hydrogen-bond donors (Lipinski definition) is 0. The van der Waals surface area contributed by atoms with Crippen LogP contribution in [0.2, 0.25) is 0 Å². The second-order valence-corrected chi connectivity index (χ2v) is 7.66. The van der Waals surface area contributed by atoms with Crippen molar-refractivity contribution in [2.75, 3.05) is 6.61 Å². The second-order valence-electron chi connectivity index (χ2n) is 7.66. The Labute approximate surface area is 163 Å². The molecule has 26 heavy (non-hydrogen) atoms. The Balaban J connectivity index is 4.26. The van der Waals surface area contributed by atoms with E-state index in [9.17, 15) is 0 Å². The SMILES string of the molecule is C=CC(C)(CC/C=C(\C)CC/C=C(\C)CCC=C(C)C)OC(C)OCC. The van der Waals surface area contributed by atoms with Crippen LogP contribution >= 0.6 is 0 Å². The highest BCUT2D eigenvalue weighted by Crippen LogP contribution is 2.23. The van der Waals surface area contributed by atoms with Crippen LogP contribution in [0.5, 0.6) is 0 Å². The van der Waals surface area contributed by atoms with Gasteiger partial charge in [-0.3, -0.25) is 0 Å². The standard InChI is InChI=1S/C24H42O2/c1-9-24(8,26-23(7)25-10-2)19-13-18-22(6)17-12-16-21(5)15-11-14-20(3)4/h9,14,16,18,23H,1,10-13,15,17,19H2,2-8H3/b21-16+,22-18+. The van der Waals surface area contributed by atoms with Gasteiger partial charge in [0.1, 0.15) is 0 Å². The summed E-state index contributed by atoms with van der Waals surface area (Å²) in [5.74, 6) is 0. The van der Waals surface area contributed by atoms with Gasteiger partial charge < -0.3 is 9.47 Å². The van der Waals surface area contributed by atoms with Crippen molar-refractivity contribution in [2.45, 2.75) is 98.9 Å². The first-order chi connectivity index (χ1) is 12.2. The van der Waals surface area contributed by atoms with E-state index in [0.717, 1.165) is 32.1 Å². The summed E-state index contributed by atoms with van der Waals surface area (Å²) in [7, 11) is 0. The quantitative estimate of drug-likeness (QED) is 0.235. The molecule has 0 aromatic carbocycles. The van der Waals surface area contributed by atoms with Crippen molar-refractivity contribution in [1.82, 2.24) is 0 Å². The Kier molecular flexibility index (Phi) is 13.4. The van der Waals surface area contributed by atoms with Crippen LogP contribution in [-0.4, -0.2) is 18.5 Å². The zero-order valence-corrected chi connectivity index (χ0v) is 18.4. The molecule has 0 aromatic heterocycles. The van der Waals surface area contributed by atoms with Gasteiger partial charge in [0.2, 0.25) is 0 Å². The van der Waals surface area contributed by atoms with Gasteiger partial charge in [-0.1, -0.05) is 41.0 Å². The molecule has 0 spiro atoms. The van der Waals surface area contributed by atoms with E-state index < -0.39 is 0 Å². The fraction of sp³-hybridized carbons (Fsp3) is 0.667. The number of ether oxygens (including phenoxy) is 2.